The molecule has 0 spiro atoms. The number of hydrogen-bond donors (Lipinski definition) is 1. The van der Waals surface area contributed by atoms with Crippen molar-refractivity contribution in [1.82, 2.24) is 9.80 Å². The molecule has 1 aliphatic rings. The molecule has 0 bridgehead atoms. The first-order valence-corrected chi connectivity index (χ1v) is 9.57. The van der Waals surface area contributed by atoms with Gasteiger partial charge in [-0.3, -0.25) is 9.69 Å². The molecule has 1 fully saturated rings. The van der Waals surface area contributed by atoms with Gasteiger partial charge in [0.25, 0.3) is 5.91 Å². The lowest BCUT2D eigenvalue weighted by atomic mass is 10.1. The van der Waals surface area contributed by atoms with E-state index in [1.165, 1.54) is 24.3 Å². The van der Waals surface area contributed by atoms with Crippen molar-refractivity contribution < 1.29 is 23.8 Å². The Morgan fingerprint density at radius 3 is 2.52 bits per heavy atom. The highest BCUT2D eigenvalue weighted by molar-refractivity contribution is 5.88. The molecule has 3 rings (SSSR count). The smallest absolute Gasteiger partial charge is 0.335 e. The second-order valence-electron chi connectivity index (χ2n) is 7.42. The molecule has 0 saturated carbocycles. The minimum absolute atomic E-state index is 0.00750. The SMILES string of the molecule is C[C@@H]1CN(C(=O)COc2cccc(C(=O)O)c2)[C@@H](C)CN1Cc1ccc(F)cc1. The Morgan fingerprint density at radius 1 is 1.10 bits per heavy atom. The molecule has 0 radical (unpaired) electrons. The van der Waals surface area contributed by atoms with E-state index in [1.807, 2.05) is 6.92 Å². The van der Waals surface area contributed by atoms with Gasteiger partial charge >= 0.3 is 5.97 Å². The zero-order valence-corrected chi connectivity index (χ0v) is 16.5. The highest BCUT2D eigenvalue weighted by Crippen LogP contribution is 2.19. The zero-order valence-electron chi connectivity index (χ0n) is 16.5. The van der Waals surface area contributed by atoms with E-state index < -0.39 is 5.97 Å². The topological polar surface area (TPSA) is 70.1 Å². The summed E-state index contributed by atoms with van der Waals surface area (Å²) >= 11 is 0. The first-order valence-electron chi connectivity index (χ1n) is 9.57. The zero-order chi connectivity index (χ0) is 21.0. The van der Waals surface area contributed by atoms with Crippen molar-refractivity contribution in [3.8, 4) is 5.75 Å². The molecular formula is C22H25FN2O4. The van der Waals surface area contributed by atoms with Crippen molar-refractivity contribution >= 4 is 11.9 Å². The highest BCUT2D eigenvalue weighted by atomic mass is 19.1. The number of benzene rings is 2. The summed E-state index contributed by atoms with van der Waals surface area (Å²) in [4.78, 5) is 27.8. The number of halogens is 1. The summed E-state index contributed by atoms with van der Waals surface area (Å²) in [5, 5.41) is 9.04. The van der Waals surface area contributed by atoms with Crippen LogP contribution >= 0.6 is 0 Å². The van der Waals surface area contributed by atoms with E-state index in [0.717, 1.165) is 5.56 Å². The maximum Gasteiger partial charge on any atom is 0.335 e. The van der Waals surface area contributed by atoms with Crippen LogP contribution in [0.25, 0.3) is 0 Å². The third-order valence-electron chi connectivity index (χ3n) is 5.18. The lowest BCUT2D eigenvalue weighted by Gasteiger charge is -2.44. The Balaban J connectivity index is 1.56. The number of carbonyl (C=O) groups is 2. The van der Waals surface area contributed by atoms with Gasteiger partial charge in [-0.2, -0.15) is 0 Å². The van der Waals surface area contributed by atoms with E-state index in [9.17, 15) is 14.0 Å². The average Bonchev–Trinajstić information content (AvgIpc) is 2.70. The van der Waals surface area contributed by atoms with Crippen LogP contribution in [0.15, 0.2) is 48.5 Å². The van der Waals surface area contributed by atoms with Crippen molar-refractivity contribution in [2.45, 2.75) is 32.5 Å². The fraction of sp³-hybridized carbons (Fsp3) is 0.364. The maximum atomic E-state index is 13.1. The molecule has 0 aromatic heterocycles. The first kappa shape index (κ1) is 20.8. The number of carboxylic acid groups (broad SMARTS) is 1. The van der Waals surface area contributed by atoms with Crippen LogP contribution in [0.4, 0.5) is 4.39 Å². The normalized spacial score (nSPS) is 19.8. The number of hydrogen-bond acceptors (Lipinski definition) is 4. The van der Waals surface area contributed by atoms with E-state index in [2.05, 4.69) is 11.8 Å². The fourth-order valence-electron chi connectivity index (χ4n) is 3.54. The van der Waals surface area contributed by atoms with Gasteiger partial charge in [0.15, 0.2) is 6.61 Å². The van der Waals surface area contributed by atoms with Gasteiger partial charge in [0.05, 0.1) is 5.56 Å². The molecule has 1 saturated heterocycles. The standard InChI is InChI=1S/C22H25FN2O4/c1-15-12-25(16(2)11-24(15)13-17-6-8-19(23)9-7-17)21(26)14-29-20-5-3-4-18(10-20)22(27)28/h3-10,15-16H,11-14H2,1-2H3,(H,27,28)/t15-,16+/m1/s1. The number of rotatable bonds is 6. The lowest BCUT2D eigenvalue weighted by molar-refractivity contribution is -0.139. The second-order valence-corrected chi connectivity index (χ2v) is 7.42. The average molecular weight is 400 g/mol. The molecule has 2 aromatic carbocycles. The Bertz CT molecular complexity index is 871. The molecule has 1 N–H and O–H groups in total. The Kier molecular flexibility index (Phi) is 6.49. The van der Waals surface area contributed by atoms with Gasteiger partial charge in [0, 0.05) is 31.7 Å². The molecule has 7 heteroatoms. The molecule has 6 nitrogen and oxygen atoms in total. The summed E-state index contributed by atoms with van der Waals surface area (Å²) in [6.45, 7) is 5.89. The maximum absolute atomic E-state index is 13.1. The van der Waals surface area contributed by atoms with Crippen LogP contribution in [0.2, 0.25) is 0 Å². The van der Waals surface area contributed by atoms with Crippen LogP contribution in [0.1, 0.15) is 29.8 Å². The predicted molar refractivity (Wildman–Crippen MR) is 106 cm³/mol. The van der Waals surface area contributed by atoms with E-state index in [1.54, 1.807) is 29.2 Å². The van der Waals surface area contributed by atoms with Gasteiger partial charge in [-0.05, 0) is 49.7 Å². The quantitative estimate of drug-likeness (QED) is 0.807. The van der Waals surface area contributed by atoms with Gasteiger partial charge in [0.1, 0.15) is 11.6 Å². The number of aromatic carboxylic acids is 1. The molecule has 1 aliphatic heterocycles. The molecule has 0 unspecified atom stereocenters. The lowest BCUT2D eigenvalue weighted by Crippen LogP contribution is -2.58. The van der Waals surface area contributed by atoms with Gasteiger partial charge < -0.3 is 14.7 Å². The number of amides is 1. The second kappa shape index (κ2) is 9.05. The first-order chi connectivity index (χ1) is 13.8. The van der Waals surface area contributed by atoms with Crippen LogP contribution in [-0.2, 0) is 11.3 Å². The number of ether oxygens (including phenoxy) is 1. The van der Waals surface area contributed by atoms with Crippen molar-refractivity contribution in [1.29, 1.82) is 0 Å². The van der Waals surface area contributed by atoms with E-state index >= 15 is 0 Å². The summed E-state index contributed by atoms with van der Waals surface area (Å²) in [7, 11) is 0. The fourth-order valence-corrected chi connectivity index (χ4v) is 3.54. The van der Waals surface area contributed by atoms with Gasteiger partial charge in [-0.1, -0.05) is 18.2 Å². The van der Waals surface area contributed by atoms with Crippen LogP contribution in [0.3, 0.4) is 0 Å². The highest BCUT2D eigenvalue weighted by Gasteiger charge is 2.32. The number of carbonyl (C=O) groups excluding carboxylic acids is 1. The Morgan fingerprint density at radius 2 is 1.83 bits per heavy atom. The van der Waals surface area contributed by atoms with E-state index in [0.29, 0.717) is 25.4 Å². The predicted octanol–water partition coefficient (Wildman–Crippen LogP) is 3.02. The van der Waals surface area contributed by atoms with Gasteiger partial charge in [-0.25, -0.2) is 9.18 Å². The minimum Gasteiger partial charge on any atom is -0.484 e. The monoisotopic (exact) mass is 400 g/mol. The summed E-state index contributed by atoms with van der Waals surface area (Å²) in [5.74, 6) is -1.07. The molecule has 1 heterocycles. The van der Waals surface area contributed by atoms with Crippen LogP contribution in [0, 0.1) is 5.82 Å². The molecule has 0 aliphatic carbocycles. The summed E-state index contributed by atoms with van der Waals surface area (Å²) in [6.07, 6.45) is 0. The molecule has 1 amide bonds. The number of piperazine rings is 1. The van der Waals surface area contributed by atoms with Crippen LogP contribution in [-0.4, -0.2) is 58.6 Å². The summed E-state index contributed by atoms with van der Waals surface area (Å²) in [6, 6.07) is 12.7. The largest absolute Gasteiger partial charge is 0.484 e. The van der Waals surface area contributed by atoms with Crippen molar-refractivity contribution in [3.63, 3.8) is 0 Å². The third-order valence-corrected chi connectivity index (χ3v) is 5.18. The number of carboxylic acids is 1. The van der Waals surface area contributed by atoms with Crippen molar-refractivity contribution in [2.75, 3.05) is 19.7 Å². The van der Waals surface area contributed by atoms with E-state index in [-0.39, 0.29) is 36.0 Å². The van der Waals surface area contributed by atoms with Crippen molar-refractivity contribution in [2.24, 2.45) is 0 Å². The molecule has 2 atom stereocenters. The minimum atomic E-state index is -1.04. The Hall–Kier alpha value is -2.93. The van der Waals surface area contributed by atoms with Gasteiger partial charge in [-0.15, -0.1) is 0 Å². The number of nitrogens with zero attached hydrogens (tertiary/aromatic N) is 2. The van der Waals surface area contributed by atoms with E-state index in [4.69, 9.17) is 9.84 Å². The Labute approximate surface area is 169 Å². The molecular weight excluding hydrogens is 375 g/mol. The van der Waals surface area contributed by atoms with Crippen LogP contribution < -0.4 is 4.74 Å². The molecule has 2 aromatic rings. The third kappa shape index (κ3) is 5.32. The molecule has 154 valence electrons. The van der Waals surface area contributed by atoms with Crippen molar-refractivity contribution in [3.05, 3.63) is 65.5 Å². The van der Waals surface area contributed by atoms with Gasteiger partial charge in [0.2, 0.25) is 0 Å². The summed E-state index contributed by atoms with van der Waals surface area (Å²) in [5.41, 5.74) is 1.15. The molecule has 29 heavy (non-hydrogen) atoms. The summed E-state index contributed by atoms with van der Waals surface area (Å²) < 4.78 is 18.6. The van der Waals surface area contributed by atoms with Crippen LogP contribution in [0.5, 0.6) is 5.75 Å².